The molecule has 0 aromatic carbocycles. The minimum absolute atomic E-state index is 0.907. The van der Waals surface area contributed by atoms with Crippen LogP contribution in [-0.4, -0.2) is 35.8 Å². The number of ether oxygens (including phenoxy) is 1. The van der Waals surface area contributed by atoms with Gasteiger partial charge in [-0.15, -0.1) is 0 Å². The molecule has 2 N–H and O–H groups in total. The Balaban J connectivity index is 2.96. The van der Waals surface area contributed by atoms with E-state index in [0.717, 1.165) is 0 Å². The Morgan fingerprint density at radius 3 is 2.10 bits per heavy atom. The summed E-state index contributed by atoms with van der Waals surface area (Å²) in [7, 11) is 1.20. The van der Waals surface area contributed by atoms with E-state index in [4.69, 9.17) is 10.2 Å². The van der Waals surface area contributed by atoms with Gasteiger partial charge in [-0.3, -0.25) is 4.79 Å². The lowest BCUT2D eigenvalue weighted by molar-refractivity contribution is -0.188. The van der Waals surface area contributed by atoms with Gasteiger partial charge in [0.05, 0.1) is 5.82 Å². The van der Waals surface area contributed by atoms with Crippen molar-refractivity contribution in [3.63, 3.8) is 0 Å². The number of aliphatic hydroxyl groups is 2. The van der Waals surface area contributed by atoms with Crippen molar-refractivity contribution in [2.75, 3.05) is 0 Å². The van der Waals surface area contributed by atoms with Crippen LogP contribution in [0.4, 0.5) is 0 Å². The van der Waals surface area contributed by atoms with Gasteiger partial charge in [0.2, 0.25) is 0 Å². The van der Waals surface area contributed by atoms with E-state index in [1.54, 1.807) is 0 Å². The van der Waals surface area contributed by atoms with Crippen molar-refractivity contribution in [1.82, 2.24) is 0 Å². The summed E-state index contributed by atoms with van der Waals surface area (Å²) < 4.78 is 3.91. The number of hydrogen-bond donors (Lipinski definition) is 2. The van der Waals surface area contributed by atoms with Gasteiger partial charge in [-0.1, -0.05) is 0 Å². The van der Waals surface area contributed by atoms with Crippen molar-refractivity contribution >= 4 is 19.8 Å². The van der Waals surface area contributed by atoms with Crippen LogP contribution in [0.5, 0.6) is 0 Å². The van der Waals surface area contributed by atoms with Crippen LogP contribution in [0, 0.1) is 0 Å². The first kappa shape index (κ1) is 7.23. The fraction of sp³-hybridized carbons (Fsp3) is 0.500. The first-order chi connectivity index (χ1) is 4.46. The maximum Gasteiger partial charge on any atom is 0.374 e. The van der Waals surface area contributed by atoms with Crippen molar-refractivity contribution < 1.29 is 24.5 Å². The summed E-state index contributed by atoms with van der Waals surface area (Å²) in [4.78, 5) is 20.8. The minimum Gasteiger partial charge on any atom is -0.389 e. The molecule has 0 aliphatic carbocycles. The third kappa shape index (κ3) is 0.731. The summed E-state index contributed by atoms with van der Waals surface area (Å²) >= 11 is 0. The molecular weight excluding hydrogens is 139 g/mol. The lowest BCUT2D eigenvalue weighted by atomic mass is 9.82. The van der Waals surface area contributed by atoms with Crippen molar-refractivity contribution in [1.29, 1.82) is 0 Å². The van der Waals surface area contributed by atoms with Gasteiger partial charge < -0.3 is 14.9 Å². The molecular formula is C4H5BO5. The molecule has 1 fully saturated rings. The predicted molar refractivity (Wildman–Crippen MR) is 30.6 cm³/mol. The summed E-state index contributed by atoms with van der Waals surface area (Å²) in [6.45, 7) is 0. The average molecular weight is 144 g/mol. The molecule has 1 aliphatic heterocycles. The normalized spacial score (nSPS) is 30.4. The SMILES string of the molecule is BC1C(=O)OC(=O)C1(O)O. The highest BCUT2D eigenvalue weighted by Crippen LogP contribution is 2.27. The summed E-state index contributed by atoms with van der Waals surface area (Å²) in [5.41, 5.74) is 0. The summed E-state index contributed by atoms with van der Waals surface area (Å²) in [5.74, 6) is -6.03. The topological polar surface area (TPSA) is 83.8 Å². The smallest absolute Gasteiger partial charge is 0.374 e. The quantitative estimate of drug-likeness (QED) is 0.166. The standard InChI is InChI=1S/C4H5BO5/c5-1-2(6)10-3(7)4(1,8)9/h1,8-9H,5H2. The molecule has 0 spiro atoms. The first-order valence-electron chi connectivity index (χ1n) is 2.67. The van der Waals surface area contributed by atoms with Crippen LogP contribution in [0.2, 0.25) is 5.82 Å². The minimum atomic E-state index is -2.63. The van der Waals surface area contributed by atoms with Gasteiger partial charge >= 0.3 is 11.9 Å². The number of carbonyl (C=O) groups is 2. The average Bonchev–Trinajstić information content (AvgIpc) is 1.97. The number of rotatable bonds is 0. The Labute approximate surface area is 57.0 Å². The molecule has 1 atom stereocenters. The van der Waals surface area contributed by atoms with E-state index in [-0.39, 0.29) is 0 Å². The fourth-order valence-electron chi connectivity index (χ4n) is 0.596. The number of carbonyl (C=O) groups excluding carboxylic acids is 2. The second-order valence-electron chi connectivity index (χ2n) is 2.16. The Morgan fingerprint density at radius 2 is 2.00 bits per heavy atom. The van der Waals surface area contributed by atoms with E-state index >= 15 is 0 Å². The zero-order valence-corrected chi connectivity index (χ0v) is 5.20. The van der Waals surface area contributed by atoms with E-state index in [9.17, 15) is 9.59 Å². The van der Waals surface area contributed by atoms with Crippen LogP contribution < -0.4 is 0 Å². The maximum absolute atomic E-state index is 10.4. The van der Waals surface area contributed by atoms with E-state index in [0.29, 0.717) is 0 Å². The molecule has 1 unspecified atom stereocenters. The zero-order chi connectivity index (χ0) is 7.94. The largest absolute Gasteiger partial charge is 0.389 e. The van der Waals surface area contributed by atoms with Crippen LogP contribution in [0.25, 0.3) is 0 Å². The van der Waals surface area contributed by atoms with E-state index in [2.05, 4.69) is 4.74 Å². The molecule has 0 amide bonds. The maximum atomic E-state index is 10.4. The Morgan fingerprint density at radius 1 is 1.50 bits per heavy atom. The van der Waals surface area contributed by atoms with Crippen LogP contribution in [0.1, 0.15) is 0 Å². The van der Waals surface area contributed by atoms with Gasteiger partial charge in [-0.05, 0) is 0 Å². The molecule has 0 saturated carbocycles. The van der Waals surface area contributed by atoms with Gasteiger partial charge in [0.15, 0.2) is 0 Å². The van der Waals surface area contributed by atoms with Crippen LogP contribution in [0.3, 0.4) is 0 Å². The summed E-state index contributed by atoms with van der Waals surface area (Å²) in [6.07, 6.45) is 0. The molecule has 0 radical (unpaired) electrons. The summed E-state index contributed by atoms with van der Waals surface area (Å²) in [6, 6.07) is 0. The Kier molecular flexibility index (Phi) is 1.30. The van der Waals surface area contributed by atoms with Crippen molar-refractivity contribution in [2.24, 2.45) is 0 Å². The highest BCUT2D eigenvalue weighted by atomic mass is 16.6. The number of cyclic esters (lactones) is 2. The molecule has 0 aromatic heterocycles. The molecule has 54 valence electrons. The van der Waals surface area contributed by atoms with Crippen molar-refractivity contribution in [2.45, 2.75) is 11.6 Å². The number of hydrogen-bond acceptors (Lipinski definition) is 5. The van der Waals surface area contributed by atoms with Crippen LogP contribution in [-0.2, 0) is 14.3 Å². The highest BCUT2D eigenvalue weighted by Gasteiger charge is 2.53. The molecule has 10 heavy (non-hydrogen) atoms. The van der Waals surface area contributed by atoms with Crippen LogP contribution >= 0.6 is 0 Å². The lowest BCUT2D eigenvalue weighted by Crippen LogP contribution is -2.37. The van der Waals surface area contributed by atoms with E-state index in [1.165, 1.54) is 7.85 Å². The highest BCUT2D eigenvalue weighted by molar-refractivity contribution is 6.29. The van der Waals surface area contributed by atoms with Crippen molar-refractivity contribution in [3.8, 4) is 0 Å². The number of esters is 2. The van der Waals surface area contributed by atoms with Crippen LogP contribution in [0.15, 0.2) is 0 Å². The zero-order valence-electron chi connectivity index (χ0n) is 5.20. The molecule has 0 bridgehead atoms. The second kappa shape index (κ2) is 1.80. The molecule has 1 rings (SSSR count). The lowest BCUT2D eigenvalue weighted by Gasteiger charge is -2.11. The third-order valence-electron chi connectivity index (χ3n) is 1.45. The van der Waals surface area contributed by atoms with Gasteiger partial charge in [0, 0.05) is 0 Å². The fourth-order valence-corrected chi connectivity index (χ4v) is 0.596. The summed E-state index contributed by atoms with van der Waals surface area (Å²) in [5, 5.41) is 17.5. The Bertz CT molecular complexity index is 198. The van der Waals surface area contributed by atoms with Crippen molar-refractivity contribution in [3.05, 3.63) is 0 Å². The first-order valence-corrected chi connectivity index (χ1v) is 2.67. The van der Waals surface area contributed by atoms with Gasteiger partial charge in [-0.2, -0.15) is 0 Å². The molecule has 1 saturated heterocycles. The third-order valence-corrected chi connectivity index (χ3v) is 1.45. The monoisotopic (exact) mass is 144 g/mol. The van der Waals surface area contributed by atoms with Gasteiger partial charge in [-0.25, -0.2) is 4.79 Å². The van der Waals surface area contributed by atoms with E-state index < -0.39 is 23.5 Å². The molecule has 1 aliphatic rings. The van der Waals surface area contributed by atoms with Gasteiger partial charge in [0.1, 0.15) is 7.85 Å². The molecule has 5 nitrogen and oxygen atoms in total. The molecule has 1 heterocycles. The Hall–Kier alpha value is -0.875. The van der Waals surface area contributed by atoms with Gasteiger partial charge in [0.25, 0.3) is 5.79 Å². The van der Waals surface area contributed by atoms with E-state index in [1.807, 2.05) is 0 Å². The molecule has 6 heteroatoms. The second-order valence-corrected chi connectivity index (χ2v) is 2.16. The predicted octanol–water partition coefficient (Wildman–Crippen LogP) is -2.83. The molecule has 0 aromatic rings.